The van der Waals surface area contributed by atoms with Gasteiger partial charge in [0.15, 0.2) is 11.3 Å². The number of nitrogens with zero attached hydrogens (tertiary/aromatic N) is 4. The lowest BCUT2D eigenvalue weighted by atomic mass is 10.0. The first kappa shape index (κ1) is 19.8. The Balaban J connectivity index is 1.75. The van der Waals surface area contributed by atoms with Gasteiger partial charge in [-0.05, 0) is 55.3 Å². The number of aryl methyl sites for hydroxylation is 2. The topological polar surface area (TPSA) is 81.4 Å². The van der Waals surface area contributed by atoms with E-state index in [4.69, 9.17) is 21.4 Å². The molecule has 0 aliphatic rings. The van der Waals surface area contributed by atoms with E-state index in [9.17, 15) is 4.79 Å². The summed E-state index contributed by atoms with van der Waals surface area (Å²) in [6.45, 7) is 3.84. The van der Waals surface area contributed by atoms with Crippen LogP contribution in [0.25, 0.3) is 16.8 Å². The SMILES string of the molecule is CCc1nn2c(C)c(C(=O)Nc3ccc(Cl)cc3)nnc2c1-c1ccc(OC)cc1. The molecule has 0 saturated heterocycles. The fourth-order valence-electron chi connectivity index (χ4n) is 3.28. The van der Waals surface area contributed by atoms with Crippen LogP contribution in [0.4, 0.5) is 5.69 Å². The zero-order valence-corrected chi connectivity index (χ0v) is 17.6. The van der Waals surface area contributed by atoms with Gasteiger partial charge < -0.3 is 10.1 Å². The zero-order valence-electron chi connectivity index (χ0n) is 16.8. The maximum absolute atomic E-state index is 12.8. The molecule has 7 nitrogen and oxygen atoms in total. The van der Waals surface area contributed by atoms with Crippen LogP contribution in [0.15, 0.2) is 48.5 Å². The molecule has 0 spiro atoms. The predicted molar refractivity (Wildman–Crippen MR) is 116 cm³/mol. The molecule has 2 aromatic heterocycles. The molecule has 4 aromatic rings. The van der Waals surface area contributed by atoms with Gasteiger partial charge in [0.25, 0.3) is 5.91 Å². The van der Waals surface area contributed by atoms with Gasteiger partial charge in [-0.1, -0.05) is 30.7 Å². The van der Waals surface area contributed by atoms with Crippen LogP contribution in [0.3, 0.4) is 0 Å². The summed E-state index contributed by atoms with van der Waals surface area (Å²) in [7, 11) is 1.63. The number of hydrogen-bond donors (Lipinski definition) is 1. The predicted octanol–water partition coefficient (Wildman–Crippen LogP) is 4.58. The molecule has 30 heavy (non-hydrogen) atoms. The number of aromatic nitrogens is 4. The molecule has 0 aliphatic heterocycles. The van der Waals surface area contributed by atoms with Crippen LogP contribution in [0.2, 0.25) is 5.02 Å². The molecule has 0 radical (unpaired) electrons. The van der Waals surface area contributed by atoms with Crippen molar-refractivity contribution in [1.82, 2.24) is 19.8 Å². The fraction of sp³-hybridized carbons (Fsp3) is 0.182. The van der Waals surface area contributed by atoms with Gasteiger partial charge >= 0.3 is 0 Å². The molecule has 0 bridgehead atoms. The van der Waals surface area contributed by atoms with Crippen LogP contribution < -0.4 is 10.1 Å². The Hall–Kier alpha value is -3.45. The van der Waals surface area contributed by atoms with Crippen molar-refractivity contribution in [3.8, 4) is 16.9 Å². The van der Waals surface area contributed by atoms with E-state index in [-0.39, 0.29) is 11.6 Å². The van der Waals surface area contributed by atoms with Crippen molar-refractivity contribution < 1.29 is 9.53 Å². The molecule has 152 valence electrons. The minimum atomic E-state index is -0.358. The van der Waals surface area contributed by atoms with Gasteiger partial charge in [-0.15, -0.1) is 10.2 Å². The van der Waals surface area contributed by atoms with Crippen LogP contribution in [-0.4, -0.2) is 32.8 Å². The highest BCUT2D eigenvalue weighted by Gasteiger charge is 2.21. The third-order valence-corrected chi connectivity index (χ3v) is 5.12. The summed E-state index contributed by atoms with van der Waals surface area (Å²) in [5.41, 5.74) is 4.81. The number of methoxy groups -OCH3 is 1. The van der Waals surface area contributed by atoms with E-state index in [2.05, 4.69) is 15.5 Å². The molecule has 8 heteroatoms. The maximum Gasteiger partial charge on any atom is 0.278 e. The van der Waals surface area contributed by atoms with Crippen LogP contribution in [0.1, 0.15) is 28.8 Å². The van der Waals surface area contributed by atoms with Crippen molar-refractivity contribution in [2.75, 3.05) is 12.4 Å². The van der Waals surface area contributed by atoms with Crippen LogP contribution in [0, 0.1) is 6.92 Å². The summed E-state index contributed by atoms with van der Waals surface area (Å²) in [4.78, 5) is 12.8. The smallest absolute Gasteiger partial charge is 0.278 e. The number of rotatable bonds is 5. The number of hydrogen-bond acceptors (Lipinski definition) is 5. The normalized spacial score (nSPS) is 10.9. The van der Waals surface area contributed by atoms with E-state index >= 15 is 0 Å². The Morgan fingerprint density at radius 3 is 2.43 bits per heavy atom. The average molecular weight is 422 g/mol. The van der Waals surface area contributed by atoms with E-state index < -0.39 is 0 Å². The number of fused-ring (bicyclic) bond motifs is 1. The molecule has 0 aliphatic carbocycles. The zero-order chi connectivity index (χ0) is 21.3. The number of carbonyl (C=O) groups excluding carboxylic acids is 1. The molecule has 0 saturated carbocycles. The molecule has 2 aromatic carbocycles. The van der Waals surface area contributed by atoms with Gasteiger partial charge in [0.05, 0.1) is 24.1 Å². The van der Waals surface area contributed by atoms with Gasteiger partial charge in [0.1, 0.15) is 5.75 Å². The number of ether oxygens (including phenoxy) is 1. The van der Waals surface area contributed by atoms with E-state index in [1.165, 1.54) is 0 Å². The molecule has 2 heterocycles. The third-order valence-electron chi connectivity index (χ3n) is 4.87. The van der Waals surface area contributed by atoms with Crippen molar-refractivity contribution in [1.29, 1.82) is 0 Å². The second-order valence-corrected chi connectivity index (χ2v) is 7.17. The first-order valence-corrected chi connectivity index (χ1v) is 9.85. The summed E-state index contributed by atoms with van der Waals surface area (Å²) in [6.07, 6.45) is 0.719. The summed E-state index contributed by atoms with van der Waals surface area (Å²) in [5.74, 6) is 0.417. The summed E-state index contributed by atoms with van der Waals surface area (Å²) in [5, 5.41) is 16.7. The van der Waals surface area contributed by atoms with Crippen LogP contribution >= 0.6 is 11.6 Å². The average Bonchev–Trinajstić information content (AvgIpc) is 3.15. The molecule has 4 rings (SSSR count). The van der Waals surface area contributed by atoms with Crippen molar-refractivity contribution in [3.63, 3.8) is 0 Å². The molecular weight excluding hydrogens is 402 g/mol. The highest BCUT2D eigenvalue weighted by atomic mass is 35.5. The summed E-state index contributed by atoms with van der Waals surface area (Å²) in [6, 6.07) is 14.6. The molecule has 0 unspecified atom stereocenters. The number of anilines is 1. The molecule has 1 amide bonds. The van der Waals surface area contributed by atoms with Crippen LogP contribution in [0.5, 0.6) is 5.75 Å². The van der Waals surface area contributed by atoms with E-state index in [0.29, 0.717) is 22.1 Å². The lowest BCUT2D eigenvalue weighted by Gasteiger charge is -2.08. The highest BCUT2D eigenvalue weighted by Crippen LogP contribution is 2.30. The van der Waals surface area contributed by atoms with Gasteiger partial charge in [-0.2, -0.15) is 5.10 Å². The van der Waals surface area contributed by atoms with E-state index in [0.717, 1.165) is 29.0 Å². The van der Waals surface area contributed by atoms with Gasteiger partial charge in [0, 0.05) is 10.7 Å². The lowest BCUT2D eigenvalue weighted by molar-refractivity contribution is 0.102. The number of carbonyl (C=O) groups is 1. The van der Waals surface area contributed by atoms with Crippen molar-refractivity contribution in [2.24, 2.45) is 0 Å². The molecule has 1 N–H and O–H groups in total. The number of nitrogens with one attached hydrogen (secondary N) is 1. The number of benzene rings is 2. The van der Waals surface area contributed by atoms with E-state index in [1.807, 2.05) is 38.1 Å². The largest absolute Gasteiger partial charge is 0.497 e. The minimum absolute atomic E-state index is 0.212. The Morgan fingerprint density at radius 2 is 1.80 bits per heavy atom. The summed E-state index contributed by atoms with van der Waals surface area (Å²) >= 11 is 5.90. The maximum atomic E-state index is 12.8. The second kappa shape index (κ2) is 8.12. The third kappa shape index (κ3) is 3.59. The Kier molecular flexibility index (Phi) is 5.37. The van der Waals surface area contributed by atoms with Gasteiger partial charge in [-0.25, -0.2) is 4.52 Å². The van der Waals surface area contributed by atoms with Crippen molar-refractivity contribution in [3.05, 3.63) is 70.6 Å². The molecular formula is C22H20ClN5O2. The first-order valence-electron chi connectivity index (χ1n) is 9.48. The van der Waals surface area contributed by atoms with E-state index in [1.54, 1.807) is 35.9 Å². The van der Waals surface area contributed by atoms with Gasteiger partial charge in [-0.3, -0.25) is 4.79 Å². The Bertz CT molecular complexity index is 1220. The number of halogens is 1. The molecule has 0 atom stereocenters. The fourth-order valence-corrected chi connectivity index (χ4v) is 3.41. The molecule has 0 fully saturated rings. The lowest BCUT2D eigenvalue weighted by Crippen LogP contribution is -2.18. The second-order valence-electron chi connectivity index (χ2n) is 6.73. The van der Waals surface area contributed by atoms with Crippen molar-refractivity contribution >= 4 is 28.8 Å². The van der Waals surface area contributed by atoms with Crippen molar-refractivity contribution in [2.45, 2.75) is 20.3 Å². The highest BCUT2D eigenvalue weighted by molar-refractivity contribution is 6.30. The number of amides is 1. The monoisotopic (exact) mass is 421 g/mol. The Labute approximate surface area is 178 Å². The first-order chi connectivity index (χ1) is 14.5. The van der Waals surface area contributed by atoms with Crippen LogP contribution in [-0.2, 0) is 6.42 Å². The minimum Gasteiger partial charge on any atom is -0.497 e. The summed E-state index contributed by atoms with van der Waals surface area (Å²) < 4.78 is 6.93. The van der Waals surface area contributed by atoms with Gasteiger partial charge in [0.2, 0.25) is 0 Å². The quantitative estimate of drug-likeness (QED) is 0.510. The Morgan fingerprint density at radius 1 is 1.10 bits per heavy atom. The standard InChI is InChI=1S/C22H20ClN5O2/c1-4-18-19(14-5-11-17(30-3)12-6-14)21-26-25-20(13(2)28(21)27-18)22(29)24-16-9-7-15(23)8-10-16/h5-12H,4H2,1-3H3,(H,24,29).